The maximum atomic E-state index is 13.1. The third-order valence-corrected chi connectivity index (χ3v) is 3.48. The number of anilines is 1. The van der Waals surface area contributed by atoms with Crippen molar-refractivity contribution >= 4 is 16.5 Å². The van der Waals surface area contributed by atoms with Crippen LogP contribution in [-0.2, 0) is 0 Å². The molecular formula is C18H16FNO. The van der Waals surface area contributed by atoms with Crippen molar-refractivity contribution in [3.05, 3.63) is 78.1 Å². The molecule has 3 rings (SSSR count). The van der Waals surface area contributed by atoms with Gasteiger partial charge in [-0.05, 0) is 40.6 Å². The molecule has 3 heteroatoms. The Hall–Kier alpha value is -2.39. The summed E-state index contributed by atoms with van der Waals surface area (Å²) in [6.07, 6.45) is -0.743. The smallest absolute Gasteiger partial charge is 0.123 e. The van der Waals surface area contributed by atoms with Crippen LogP contribution in [0, 0.1) is 5.82 Å². The van der Waals surface area contributed by atoms with Gasteiger partial charge in [-0.15, -0.1) is 0 Å². The molecule has 3 aromatic carbocycles. The second-order valence-electron chi connectivity index (χ2n) is 5.01. The van der Waals surface area contributed by atoms with E-state index in [-0.39, 0.29) is 5.82 Å². The van der Waals surface area contributed by atoms with E-state index in [4.69, 9.17) is 0 Å². The molecule has 0 aromatic heterocycles. The second kappa shape index (κ2) is 5.94. The molecule has 3 aromatic rings. The minimum atomic E-state index is -0.743. The van der Waals surface area contributed by atoms with Gasteiger partial charge in [0.2, 0.25) is 0 Å². The van der Waals surface area contributed by atoms with E-state index in [1.165, 1.54) is 17.5 Å². The lowest BCUT2D eigenvalue weighted by Gasteiger charge is -2.13. The first kappa shape index (κ1) is 13.6. The fraction of sp³-hybridized carbons (Fsp3) is 0.111. The zero-order valence-corrected chi connectivity index (χ0v) is 11.5. The Labute approximate surface area is 122 Å². The van der Waals surface area contributed by atoms with Crippen LogP contribution in [0.3, 0.4) is 0 Å². The molecular weight excluding hydrogens is 265 g/mol. The summed E-state index contributed by atoms with van der Waals surface area (Å²) in [7, 11) is 0. The number of halogens is 1. The number of rotatable bonds is 4. The van der Waals surface area contributed by atoms with Crippen molar-refractivity contribution in [3.63, 3.8) is 0 Å². The van der Waals surface area contributed by atoms with Crippen molar-refractivity contribution < 1.29 is 9.50 Å². The van der Waals surface area contributed by atoms with Gasteiger partial charge >= 0.3 is 0 Å². The lowest BCUT2D eigenvalue weighted by molar-refractivity contribution is 0.191. The Kier molecular flexibility index (Phi) is 3.84. The molecule has 0 aliphatic rings. The molecule has 0 aliphatic heterocycles. The van der Waals surface area contributed by atoms with Gasteiger partial charge in [0.05, 0.1) is 6.10 Å². The summed E-state index contributed by atoms with van der Waals surface area (Å²) in [6.45, 7) is 0.335. The van der Waals surface area contributed by atoms with Gasteiger partial charge in [-0.25, -0.2) is 4.39 Å². The normalized spacial score (nSPS) is 12.3. The average molecular weight is 281 g/mol. The fourth-order valence-electron chi connectivity index (χ4n) is 2.35. The molecule has 0 saturated carbocycles. The van der Waals surface area contributed by atoms with Crippen LogP contribution in [0.4, 0.5) is 10.1 Å². The van der Waals surface area contributed by atoms with Crippen molar-refractivity contribution in [1.29, 1.82) is 0 Å². The highest BCUT2D eigenvalue weighted by Crippen LogP contribution is 2.20. The van der Waals surface area contributed by atoms with Gasteiger partial charge in [-0.1, -0.05) is 42.5 Å². The lowest BCUT2D eigenvalue weighted by atomic mass is 10.1. The number of hydrogen-bond donors (Lipinski definition) is 2. The second-order valence-corrected chi connectivity index (χ2v) is 5.01. The molecule has 0 bridgehead atoms. The van der Waals surface area contributed by atoms with Crippen LogP contribution in [0.5, 0.6) is 0 Å². The maximum Gasteiger partial charge on any atom is 0.123 e. The quantitative estimate of drug-likeness (QED) is 0.754. The van der Waals surface area contributed by atoms with Gasteiger partial charge in [0, 0.05) is 12.2 Å². The predicted octanol–water partition coefficient (Wildman–Crippen LogP) is 4.12. The van der Waals surface area contributed by atoms with E-state index in [9.17, 15) is 9.50 Å². The molecule has 1 unspecified atom stereocenters. The third-order valence-electron chi connectivity index (χ3n) is 3.48. The summed E-state index contributed by atoms with van der Waals surface area (Å²) in [5.74, 6) is -0.336. The SMILES string of the molecule is OC(CNc1ccc2ccccc2c1)c1cccc(F)c1. The molecule has 0 fully saturated rings. The molecule has 0 spiro atoms. The van der Waals surface area contributed by atoms with Gasteiger partial charge in [0.15, 0.2) is 0 Å². The molecule has 1 atom stereocenters. The fourth-order valence-corrected chi connectivity index (χ4v) is 2.35. The Morgan fingerprint density at radius 1 is 0.905 bits per heavy atom. The van der Waals surface area contributed by atoms with Gasteiger partial charge in [-0.3, -0.25) is 0 Å². The van der Waals surface area contributed by atoms with E-state index in [1.807, 2.05) is 36.4 Å². The summed E-state index contributed by atoms with van der Waals surface area (Å²) in [6, 6.07) is 20.2. The molecule has 0 saturated heterocycles. The monoisotopic (exact) mass is 281 g/mol. The van der Waals surface area contributed by atoms with E-state index >= 15 is 0 Å². The minimum Gasteiger partial charge on any atom is -0.387 e. The first-order valence-corrected chi connectivity index (χ1v) is 6.88. The van der Waals surface area contributed by atoms with E-state index in [0.29, 0.717) is 12.1 Å². The highest BCUT2D eigenvalue weighted by molar-refractivity contribution is 5.85. The van der Waals surface area contributed by atoms with Crippen LogP contribution < -0.4 is 5.32 Å². The number of aliphatic hydroxyl groups excluding tert-OH is 1. The van der Waals surface area contributed by atoms with Gasteiger partial charge < -0.3 is 10.4 Å². The van der Waals surface area contributed by atoms with Crippen LogP contribution in [0.2, 0.25) is 0 Å². The maximum absolute atomic E-state index is 13.1. The van der Waals surface area contributed by atoms with Crippen molar-refractivity contribution in [2.24, 2.45) is 0 Å². The minimum absolute atomic E-state index is 0.335. The Bertz CT molecular complexity index is 757. The number of hydrogen-bond acceptors (Lipinski definition) is 2. The summed E-state index contributed by atoms with van der Waals surface area (Å²) < 4.78 is 13.1. The van der Waals surface area contributed by atoms with Crippen LogP contribution in [0.15, 0.2) is 66.7 Å². The number of benzene rings is 3. The molecule has 2 N–H and O–H groups in total. The zero-order chi connectivity index (χ0) is 14.7. The zero-order valence-electron chi connectivity index (χ0n) is 11.5. The number of aliphatic hydroxyl groups is 1. The number of nitrogens with one attached hydrogen (secondary N) is 1. The summed E-state index contributed by atoms with van der Waals surface area (Å²) in [5.41, 5.74) is 1.51. The summed E-state index contributed by atoms with van der Waals surface area (Å²) in [4.78, 5) is 0. The Morgan fingerprint density at radius 3 is 2.52 bits per heavy atom. The third kappa shape index (κ3) is 3.20. The summed E-state index contributed by atoms with van der Waals surface area (Å²) >= 11 is 0. The summed E-state index contributed by atoms with van der Waals surface area (Å²) in [5, 5.41) is 15.6. The molecule has 0 amide bonds. The first-order valence-electron chi connectivity index (χ1n) is 6.88. The topological polar surface area (TPSA) is 32.3 Å². The Balaban J connectivity index is 1.71. The van der Waals surface area contributed by atoms with E-state index < -0.39 is 6.10 Å². The highest BCUT2D eigenvalue weighted by atomic mass is 19.1. The van der Waals surface area contributed by atoms with E-state index in [0.717, 1.165) is 11.1 Å². The molecule has 0 radical (unpaired) electrons. The van der Waals surface area contributed by atoms with Crippen molar-refractivity contribution in [3.8, 4) is 0 Å². The Morgan fingerprint density at radius 2 is 1.71 bits per heavy atom. The van der Waals surface area contributed by atoms with Gasteiger partial charge in [-0.2, -0.15) is 0 Å². The predicted molar refractivity (Wildman–Crippen MR) is 83.8 cm³/mol. The van der Waals surface area contributed by atoms with Crippen molar-refractivity contribution in [2.75, 3.05) is 11.9 Å². The largest absolute Gasteiger partial charge is 0.387 e. The van der Waals surface area contributed by atoms with E-state index in [1.54, 1.807) is 12.1 Å². The standard InChI is InChI=1S/C18H16FNO/c19-16-7-3-6-15(10-16)18(21)12-20-17-9-8-13-4-1-2-5-14(13)11-17/h1-11,18,20-21H,12H2. The molecule has 0 aliphatic carbocycles. The first-order chi connectivity index (χ1) is 10.2. The van der Waals surface area contributed by atoms with Crippen molar-refractivity contribution in [1.82, 2.24) is 0 Å². The van der Waals surface area contributed by atoms with Crippen LogP contribution >= 0.6 is 0 Å². The molecule has 106 valence electrons. The van der Waals surface area contributed by atoms with Crippen LogP contribution in [-0.4, -0.2) is 11.7 Å². The van der Waals surface area contributed by atoms with Gasteiger partial charge in [0.25, 0.3) is 0 Å². The van der Waals surface area contributed by atoms with E-state index in [2.05, 4.69) is 11.4 Å². The lowest BCUT2D eigenvalue weighted by Crippen LogP contribution is -2.12. The highest BCUT2D eigenvalue weighted by Gasteiger charge is 2.08. The number of fused-ring (bicyclic) bond motifs is 1. The van der Waals surface area contributed by atoms with Crippen LogP contribution in [0.25, 0.3) is 10.8 Å². The van der Waals surface area contributed by atoms with Crippen LogP contribution in [0.1, 0.15) is 11.7 Å². The molecule has 2 nitrogen and oxygen atoms in total. The van der Waals surface area contributed by atoms with Crippen molar-refractivity contribution in [2.45, 2.75) is 6.10 Å². The molecule has 21 heavy (non-hydrogen) atoms. The average Bonchev–Trinajstić information content (AvgIpc) is 2.52. The van der Waals surface area contributed by atoms with Gasteiger partial charge in [0.1, 0.15) is 5.82 Å². The molecule has 0 heterocycles.